The molecule has 0 fully saturated rings. The lowest BCUT2D eigenvalue weighted by atomic mass is 10.1. The summed E-state index contributed by atoms with van der Waals surface area (Å²) >= 11 is 0. The minimum Gasteiger partial charge on any atom is -0.396 e. The van der Waals surface area contributed by atoms with Gasteiger partial charge in [0.15, 0.2) is 0 Å². The molecule has 0 amide bonds. The highest BCUT2D eigenvalue weighted by atomic mass is 15.4. The third-order valence-electron chi connectivity index (χ3n) is 4.74. The van der Waals surface area contributed by atoms with E-state index in [1.165, 1.54) is 18.4 Å². The molecular weight excluding hydrogens is 348 g/mol. The maximum atomic E-state index is 6.26. The van der Waals surface area contributed by atoms with Gasteiger partial charge < -0.3 is 5.73 Å². The Hall–Kier alpha value is -2.83. The molecule has 0 unspecified atom stereocenters. The first-order chi connectivity index (χ1) is 13.6. The number of nitrogens with two attached hydrogens (primary N) is 2. The Labute approximate surface area is 166 Å². The average Bonchev–Trinajstić information content (AvgIpc) is 3.13. The van der Waals surface area contributed by atoms with Crippen LogP contribution in [0.25, 0.3) is 16.6 Å². The predicted octanol–water partition coefficient (Wildman–Crippen LogP) is 3.82. The van der Waals surface area contributed by atoms with Crippen molar-refractivity contribution in [3.8, 4) is 0 Å². The molecule has 3 aromatic rings. The molecule has 1 aromatic heterocycles. The molecule has 5 N–H and O–H groups in total. The zero-order chi connectivity index (χ0) is 19.9. The fourth-order valence-electron chi connectivity index (χ4n) is 3.40. The summed E-state index contributed by atoms with van der Waals surface area (Å²) in [5.74, 6) is 6.22. The number of hydrogen-bond acceptors (Lipinski definition) is 5. The monoisotopic (exact) mass is 378 g/mol. The van der Waals surface area contributed by atoms with E-state index in [0.29, 0.717) is 11.4 Å². The van der Waals surface area contributed by atoms with Crippen molar-refractivity contribution in [1.82, 2.24) is 15.1 Å². The number of aromatic nitrogens is 2. The SMILES string of the molecule is CCCN(CCC)Cc1ccc(N(N)/C=C(\N)c2n[nH]c3ccccc23)cc1. The first kappa shape index (κ1) is 19.9. The number of anilines is 1. The van der Waals surface area contributed by atoms with Crippen LogP contribution in [0.3, 0.4) is 0 Å². The number of aromatic amines is 1. The second-order valence-corrected chi connectivity index (χ2v) is 7.05. The first-order valence-corrected chi connectivity index (χ1v) is 9.88. The van der Waals surface area contributed by atoms with Gasteiger partial charge in [-0.1, -0.05) is 44.2 Å². The number of hydrogen-bond donors (Lipinski definition) is 3. The minimum absolute atomic E-state index is 0.515. The number of rotatable bonds is 9. The number of nitrogens with zero attached hydrogens (tertiary/aromatic N) is 3. The van der Waals surface area contributed by atoms with E-state index in [0.717, 1.165) is 36.2 Å². The Morgan fingerprint density at radius 3 is 2.39 bits per heavy atom. The quantitative estimate of drug-likeness (QED) is 0.389. The topological polar surface area (TPSA) is 87.2 Å². The van der Waals surface area contributed by atoms with Crippen molar-refractivity contribution in [2.45, 2.75) is 33.2 Å². The molecule has 28 heavy (non-hydrogen) atoms. The van der Waals surface area contributed by atoms with Crippen LogP contribution >= 0.6 is 0 Å². The highest BCUT2D eigenvalue weighted by molar-refractivity contribution is 5.89. The van der Waals surface area contributed by atoms with Crippen molar-refractivity contribution in [2.75, 3.05) is 18.1 Å². The molecule has 0 aliphatic rings. The van der Waals surface area contributed by atoms with E-state index in [1.807, 2.05) is 36.4 Å². The molecule has 0 radical (unpaired) electrons. The normalized spacial score (nSPS) is 12.1. The van der Waals surface area contributed by atoms with Gasteiger partial charge in [-0.2, -0.15) is 5.10 Å². The molecule has 6 nitrogen and oxygen atoms in total. The lowest BCUT2D eigenvalue weighted by Gasteiger charge is -2.21. The highest BCUT2D eigenvalue weighted by Crippen LogP contribution is 2.21. The molecule has 0 aliphatic carbocycles. The van der Waals surface area contributed by atoms with Gasteiger partial charge in [0, 0.05) is 18.1 Å². The van der Waals surface area contributed by atoms with Crippen LogP contribution < -0.4 is 16.6 Å². The maximum absolute atomic E-state index is 6.26. The fraction of sp³-hybridized carbons (Fsp3) is 0.318. The summed E-state index contributed by atoms with van der Waals surface area (Å²) in [6.45, 7) is 7.64. The van der Waals surface area contributed by atoms with E-state index in [2.05, 4.69) is 41.1 Å². The van der Waals surface area contributed by atoms with Gasteiger partial charge in [-0.05, 0) is 49.7 Å². The Bertz CT molecular complexity index is 906. The van der Waals surface area contributed by atoms with Crippen LogP contribution in [0.5, 0.6) is 0 Å². The van der Waals surface area contributed by atoms with Crippen molar-refractivity contribution < 1.29 is 0 Å². The molecule has 0 saturated carbocycles. The second kappa shape index (κ2) is 9.39. The van der Waals surface area contributed by atoms with E-state index in [1.54, 1.807) is 11.2 Å². The summed E-state index contributed by atoms with van der Waals surface area (Å²) in [5, 5.41) is 9.83. The maximum Gasteiger partial charge on any atom is 0.117 e. The Kier molecular flexibility index (Phi) is 6.68. The van der Waals surface area contributed by atoms with Crippen LogP contribution in [0.1, 0.15) is 37.9 Å². The van der Waals surface area contributed by atoms with Gasteiger partial charge in [0.2, 0.25) is 0 Å². The van der Waals surface area contributed by atoms with E-state index in [-0.39, 0.29) is 0 Å². The smallest absolute Gasteiger partial charge is 0.117 e. The van der Waals surface area contributed by atoms with Crippen LogP contribution in [0.15, 0.2) is 54.7 Å². The van der Waals surface area contributed by atoms with Gasteiger partial charge in [-0.25, -0.2) is 5.84 Å². The zero-order valence-electron chi connectivity index (χ0n) is 16.7. The largest absolute Gasteiger partial charge is 0.396 e. The molecule has 0 aliphatic heterocycles. The van der Waals surface area contributed by atoms with Crippen molar-refractivity contribution in [1.29, 1.82) is 0 Å². The minimum atomic E-state index is 0.515. The molecule has 0 spiro atoms. The van der Waals surface area contributed by atoms with Crippen LogP contribution in [0, 0.1) is 0 Å². The molecule has 3 rings (SSSR count). The van der Waals surface area contributed by atoms with Crippen LogP contribution in [0.4, 0.5) is 5.69 Å². The number of para-hydroxylation sites is 1. The Morgan fingerprint density at radius 1 is 1.04 bits per heavy atom. The van der Waals surface area contributed by atoms with Crippen LogP contribution in [-0.4, -0.2) is 28.2 Å². The molecular formula is C22H30N6. The molecule has 1 heterocycles. The molecule has 2 aromatic carbocycles. The van der Waals surface area contributed by atoms with Crippen LogP contribution in [0.2, 0.25) is 0 Å². The van der Waals surface area contributed by atoms with Gasteiger partial charge in [0.1, 0.15) is 5.69 Å². The van der Waals surface area contributed by atoms with Gasteiger partial charge in [0.25, 0.3) is 0 Å². The molecule has 0 saturated heterocycles. The number of H-pyrrole nitrogens is 1. The first-order valence-electron chi connectivity index (χ1n) is 9.88. The summed E-state index contributed by atoms with van der Waals surface area (Å²) in [7, 11) is 0. The standard InChI is InChI=1S/C22H30N6/c1-3-13-27(14-4-2)15-17-9-11-18(12-10-17)28(24)16-20(23)22-19-7-5-6-8-21(19)25-26-22/h5-12,16H,3-4,13-15,23-24H2,1-2H3,(H,25,26)/b20-16-. The number of fused-ring (bicyclic) bond motifs is 1. The second-order valence-electron chi connectivity index (χ2n) is 7.05. The van der Waals surface area contributed by atoms with E-state index in [9.17, 15) is 0 Å². The Balaban J connectivity index is 1.71. The summed E-state index contributed by atoms with van der Waals surface area (Å²) in [5.41, 5.74) is 10.6. The van der Waals surface area contributed by atoms with Gasteiger partial charge in [-0.3, -0.25) is 15.0 Å². The zero-order valence-corrected chi connectivity index (χ0v) is 16.7. The summed E-state index contributed by atoms with van der Waals surface area (Å²) in [6.07, 6.45) is 4.04. The highest BCUT2D eigenvalue weighted by Gasteiger charge is 2.09. The van der Waals surface area contributed by atoms with Gasteiger partial charge in [0.05, 0.1) is 16.9 Å². The fourth-order valence-corrected chi connectivity index (χ4v) is 3.40. The van der Waals surface area contributed by atoms with Crippen LogP contribution in [-0.2, 0) is 6.54 Å². The van der Waals surface area contributed by atoms with E-state index < -0.39 is 0 Å². The average molecular weight is 379 g/mol. The van der Waals surface area contributed by atoms with Gasteiger partial charge in [-0.15, -0.1) is 0 Å². The Morgan fingerprint density at radius 2 is 1.71 bits per heavy atom. The van der Waals surface area contributed by atoms with E-state index >= 15 is 0 Å². The molecule has 148 valence electrons. The summed E-state index contributed by atoms with van der Waals surface area (Å²) < 4.78 is 0. The number of nitrogens with one attached hydrogen (secondary N) is 1. The van der Waals surface area contributed by atoms with Crippen molar-refractivity contribution in [3.05, 3.63) is 66.0 Å². The summed E-state index contributed by atoms with van der Waals surface area (Å²) in [6, 6.07) is 16.2. The molecule has 6 heteroatoms. The lowest BCUT2D eigenvalue weighted by molar-refractivity contribution is 0.266. The van der Waals surface area contributed by atoms with E-state index in [4.69, 9.17) is 11.6 Å². The summed E-state index contributed by atoms with van der Waals surface area (Å²) in [4.78, 5) is 2.48. The predicted molar refractivity (Wildman–Crippen MR) is 117 cm³/mol. The third kappa shape index (κ3) is 4.71. The number of benzene rings is 2. The molecule has 0 atom stereocenters. The van der Waals surface area contributed by atoms with Crippen molar-refractivity contribution in [3.63, 3.8) is 0 Å². The number of hydrazine groups is 1. The lowest BCUT2D eigenvalue weighted by Crippen LogP contribution is -2.26. The van der Waals surface area contributed by atoms with Crippen molar-refractivity contribution in [2.24, 2.45) is 11.6 Å². The third-order valence-corrected chi connectivity index (χ3v) is 4.74. The molecule has 0 bridgehead atoms. The van der Waals surface area contributed by atoms with Crippen molar-refractivity contribution >= 4 is 22.3 Å². The van der Waals surface area contributed by atoms with Gasteiger partial charge >= 0.3 is 0 Å².